The van der Waals surface area contributed by atoms with Crippen LogP contribution in [-0.4, -0.2) is 23.0 Å². The number of unbranched alkanes of at least 4 members (excludes halogenated alkanes) is 6. The van der Waals surface area contributed by atoms with Crippen LogP contribution in [0.3, 0.4) is 0 Å². The van der Waals surface area contributed by atoms with Crippen LogP contribution in [0.1, 0.15) is 77.6 Å². The van der Waals surface area contributed by atoms with Gasteiger partial charge in [-0.05, 0) is 19.3 Å². The molecule has 0 rings (SSSR count). The van der Waals surface area contributed by atoms with Gasteiger partial charge in [0.1, 0.15) is 0 Å². The fourth-order valence-corrected chi connectivity index (χ4v) is 1.83. The summed E-state index contributed by atoms with van der Waals surface area (Å²) in [5.74, 6) is -1.70. The second kappa shape index (κ2) is 13.4. The Kier molecular flexibility index (Phi) is 12.4. The standard InChI is InChI=1S/C15H27NO5/c1-2-3-4-5-6-7-10-13(17)16-21-15(20)12-9-8-11-14(18)19/h2-12H2,1H3,(H,16,17)(H,18,19). The molecular formula is C15H27NO5. The Labute approximate surface area is 126 Å². The molecule has 2 N–H and O–H groups in total. The summed E-state index contributed by atoms with van der Waals surface area (Å²) in [7, 11) is 0. The summed E-state index contributed by atoms with van der Waals surface area (Å²) in [6.45, 7) is 2.16. The third kappa shape index (κ3) is 14.6. The minimum atomic E-state index is -0.879. The zero-order valence-electron chi connectivity index (χ0n) is 12.9. The number of hydrogen-bond acceptors (Lipinski definition) is 4. The van der Waals surface area contributed by atoms with Crippen LogP contribution in [0.4, 0.5) is 0 Å². The Morgan fingerprint density at radius 3 is 2.10 bits per heavy atom. The van der Waals surface area contributed by atoms with Crippen LogP contribution in [0.5, 0.6) is 0 Å². The second-order valence-electron chi connectivity index (χ2n) is 5.12. The first-order chi connectivity index (χ1) is 10.1. The molecule has 0 radical (unpaired) electrons. The van der Waals surface area contributed by atoms with E-state index in [4.69, 9.17) is 5.11 Å². The molecule has 0 saturated heterocycles. The van der Waals surface area contributed by atoms with Crippen LogP contribution < -0.4 is 5.48 Å². The van der Waals surface area contributed by atoms with Gasteiger partial charge >= 0.3 is 11.9 Å². The maximum absolute atomic E-state index is 11.4. The lowest BCUT2D eigenvalue weighted by Crippen LogP contribution is -2.26. The molecule has 6 nitrogen and oxygen atoms in total. The molecule has 0 fully saturated rings. The predicted octanol–water partition coefficient (Wildman–Crippen LogP) is 2.96. The third-order valence-electron chi connectivity index (χ3n) is 3.06. The second-order valence-corrected chi connectivity index (χ2v) is 5.12. The number of aliphatic carboxylic acids is 1. The van der Waals surface area contributed by atoms with Crippen molar-refractivity contribution in [2.75, 3.05) is 0 Å². The molecule has 0 aliphatic heterocycles. The van der Waals surface area contributed by atoms with Gasteiger partial charge in [0.2, 0.25) is 0 Å². The van der Waals surface area contributed by atoms with Crippen LogP contribution in [0.2, 0.25) is 0 Å². The average Bonchev–Trinajstić information content (AvgIpc) is 2.45. The molecule has 1 amide bonds. The molecule has 0 aromatic heterocycles. The third-order valence-corrected chi connectivity index (χ3v) is 3.06. The summed E-state index contributed by atoms with van der Waals surface area (Å²) in [5.41, 5.74) is 2.13. The molecular weight excluding hydrogens is 274 g/mol. The molecule has 6 heteroatoms. The fourth-order valence-electron chi connectivity index (χ4n) is 1.83. The lowest BCUT2D eigenvalue weighted by atomic mass is 10.1. The van der Waals surface area contributed by atoms with Gasteiger partial charge in [-0.3, -0.25) is 9.59 Å². The van der Waals surface area contributed by atoms with Crippen LogP contribution >= 0.6 is 0 Å². The number of carbonyl (C=O) groups excluding carboxylic acids is 2. The highest BCUT2D eigenvalue weighted by Gasteiger charge is 2.07. The molecule has 122 valence electrons. The first-order valence-electron chi connectivity index (χ1n) is 7.76. The van der Waals surface area contributed by atoms with Crippen molar-refractivity contribution in [1.29, 1.82) is 0 Å². The van der Waals surface area contributed by atoms with E-state index in [2.05, 4.69) is 17.2 Å². The van der Waals surface area contributed by atoms with Gasteiger partial charge in [-0.2, -0.15) is 5.48 Å². The molecule has 0 heterocycles. The highest BCUT2D eigenvalue weighted by Crippen LogP contribution is 2.06. The van der Waals surface area contributed by atoms with Crippen molar-refractivity contribution in [3.05, 3.63) is 0 Å². The monoisotopic (exact) mass is 301 g/mol. The van der Waals surface area contributed by atoms with E-state index in [0.29, 0.717) is 19.3 Å². The summed E-state index contributed by atoms with van der Waals surface area (Å²) in [6, 6.07) is 0. The predicted molar refractivity (Wildman–Crippen MR) is 78.3 cm³/mol. The Bertz CT molecular complexity index is 317. The normalized spacial score (nSPS) is 10.1. The lowest BCUT2D eigenvalue weighted by molar-refractivity contribution is -0.158. The largest absolute Gasteiger partial charge is 0.481 e. The molecule has 21 heavy (non-hydrogen) atoms. The van der Waals surface area contributed by atoms with Crippen molar-refractivity contribution in [2.45, 2.75) is 77.6 Å². The number of carboxylic acids is 1. The van der Waals surface area contributed by atoms with E-state index in [1.165, 1.54) is 19.3 Å². The minimum absolute atomic E-state index is 0.0394. The zero-order chi connectivity index (χ0) is 15.9. The van der Waals surface area contributed by atoms with Gasteiger partial charge in [0.25, 0.3) is 5.91 Å². The topological polar surface area (TPSA) is 92.7 Å². The van der Waals surface area contributed by atoms with Crippen molar-refractivity contribution in [3.8, 4) is 0 Å². The SMILES string of the molecule is CCCCCCCCC(=O)NOC(=O)CCCCC(=O)O. The van der Waals surface area contributed by atoms with Crippen LogP contribution in [0.15, 0.2) is 0 Å². The molecule has 0 aliphatic rings. The van der Waals surface area contributed by atoms with Gasteiger partial charge in [-0.1, -0.05) is 39.0 Å². The molecule has 0 aromatic rings. The minimum Gasteiger partial charge on any atom is -0.481 e. The molecule has 0 atom stereocenters. The van der Waals surface area contributed by atoms with E-state index >= 15 is 0 Å². The molecule has 0 bridgehead atoms. The van der Waals surface area contributed by atoms with E-state index < -0.39 is 11.9 Å². The Morgan fingerprint density at radius 1 is 0.857 bits per heavy atom. The van der Waals surface area contributed by atoms with E-state index in [9.17, 15) is 14.4 Å². The molecule has 0 saturated carbocycles. The Balaban J connectivity index is 3.42. The van der Waals surface area contributed by atoms with Gasteiger partial charge in [0.15, 0.2) is 0 Å². The first-order valence-corrected chi connectivity index (χ1v) is 7.76. The van der Waals surface area contributed by atoms with Crippen molar-refractivity contribution in [3.63, 3.8) is 0 Å². The first kappa shape index (κ1) is 19.4. The van der Waals surface area contributed by atoms with Crippen LogP contribution in [-0.2, 0) is 19.2 Å². The number of carboxylic acid groups (broad SMARTS) is 1. The van der Waals surface area contributed by atoms with Crippen molar-refractivity contribution >= 4 is 17.8 Å². The summed E-state index contributed by atoms with van der Waals surface area (Å²) >= 11 is 0. The van der Waals surface area contributed by atoms with Crippen LogP contribution in [0, 0.1) is 0 Å². The number of amides is 1. The molecule has 0 spiro atoms. The summed E-state index contributed by atoms with van der Waals surface area (Å²) in [5, 5.41) is 8.43. The quantitative estimate of drug-likeness (QED) is 0.427. The molecule has 0 unspecified atom stereocenters. The van der Waals surface area contributed by atoms with Crippen molar-refractivity contribution in [2.24, 2.45) is 0 Å². The van der Waals surface area contributed by atoms with Gasteiger partial charge in [0.05, 0.1) is 0 Å². The molecule has 0 aromatic carbocycles. The van der Waals surface area contributed by atoms with Crippen molar-refractivity contribution < 1.29 is 24.3 Å². The van der Waals surface area contributed by atoms with E-state index in [1.54, 1.807) is 0 Å². The van der Waals surface area contributed by atoms with Crippen LogP contribution in [0.25, 0.3) is 0 Å². The van der Waals surface area contributed by atoms with Gasteiger partial charge < -0.3 is 9.94 Å². The summed E-state index contributed by atoms with van der Waals surface area (Å²) in [6.07, 6.45) is 7.94. The van der Waals surface area contributed by atoms with E-state index in [1.807, 2.05) is 0 Å². The van der Waals surface area contributed by atoms with E-state index in [-0.39, 0.29) is 18.7 Å². The van der Waals surface area contributed by atoms with Gasteiger partial charge in [0, 0.05) is 19.3 Å². The highest BCUT2D eigenvalue weighted by molar-refractivity contribution is 5.77. The summed E-state index contributed by atoms with van der Waals surface area (Å²) in [4.78, 5) is 37.5. The number of rotatable bonds is 12. The van der Waals surface area contributed by atoms with Gasteiger partial charge in [-0.25, -0.2) is 4.79 Å². The maximum atomic E-state index is 11.4. The van der Waals surface area contributed by atoms with Crippen molar-refractivity contribution in [1.82, 2.24) is 5.48 Å². The number of nitrogens with one attached hydrogen (secondary N) is 1. The van der Waals surface area contributed by atoms with E-state index in [0.717, 1.165) is 19.3 Å². The van der Waals surface area contributed by atoms with Gasteiger partial charge in [-0.15, -0.1) is 0 Å². The maximum Gasteiger partial charge on any atom is 0.332 e. The molecule has 0 aliphatic carbocycles. The Morgan fingerprint density at radius 2 is 1.43 bits per heavy atom. The Hall–Kier alpha value is -1.59. The highest BCUT2D eigenvalue weighted by atomic mass is 16.7. The number of carbonyl (C=O) groups is 3. The number of hydrogen-bond donors (Lipinski definition) is 2. The number of hydroxylamine groups is 1. The smallest absolute Gasteiger partial charge is 0.332 e. The average molecular weight is 301 g/mol. The summed E-state index contributed by atoms with van der Waals surface area (Å²) < 4.78 is 0. The lowest BCUT2D eigenvalue weighted by Gasteiger charge is -2.05. The zero-order valence-corrected chi connectivity index (χ0v) is 12.9. The fraction of sp³-hybridized carbons (Fsp3) is 0.800.